The first-order chi connectivity index (χ1) is 9.65. The van der Waals surface area contributed by atoms with Gasteiger partial charge in [0.15, 0.2) is 0 Å². The molecule has 1 fully saturated rings. The Morgan fingerprint density at radius 2 is 2.20 bits per heavy atom. The molecule has 4 nitrogen and oxygen atoms in total. The van der Waals surface area contributed by atoms with Crippen molar-refractivity contribution in [1.82, 2.24) is 5.32 Å². The molecular formula is C16H23N3O. The Kier molecular flexibility index (Phi) is 4.99. The zero-order valence-corrected chi connectivity index (χ0v) is 12.3. The molecule has 0 amide bonds. The van der Waals surface area contributed by atoms with Crippen LogP contribution in [0.25, 0.3) is 0 Å². The quantitative estimate of drug-likeness (QED) is 0.798. The molecule has 1 aromatic carbocycles. The molecule has 0 atom stereocenters. The maximum atomic E-state index is 9.37. The number of rotatable bonds is 7. The molecule has 0 spiro atoms. The summed E-state index contributed by atoms with van der Waals surface area (Å²) in [5, 5.41) is 22.0. The van der Waals surface area contributed by atoms with Gasteiger partial charge in [0.2, 0.25) is 0 Å². The molecular weight excluding hydrogens is 250 g/mol. The molecule has 20 heavy (non-hydrogen) atoms. The zero-order valence-electron chi connectivity index (χ0n) is 12.3. The molecule has 0 unspecified atom stereocenters. The van der Waals surface area contributed by atoms with Gasteiger partial charge < -0.3 is 15.3 Å². The highest BCUT2D eigenvalue weighted by Crippen LogP contribution is 2.24. The van der Waals surface area contributed by atoms with E-state index in [-0.39, 0.29) is 12.6 Å². The Labute approximate surface area is 121 Å². The van der Waals surface area contributed by atoms with Gasteiger partial charge in [0.05, 0.1) is 17.9 Å². The molecule has 2 rings (SSSR count). The van der Waals surface area contributed by atoms with E-state index >= 15 is 0 Å². The maximum absolute atomic E-state index is 9.37. The first-order valence-electron chi connectivity index (χ1n) is 7.29. The molecule has 0 heterocycles. The van der Waals surface area contributed by atoms with Crippen molar-refractivity contribution in [3.05, 3.63) is 29.3 Å². The van der Waals surface area contributed by atoms with Crippen molar-refractivity contribution in [2.24, 2.45) is 0 Å². The van der Waals surface area contributed by atoms with Crippen LogP contribution in [0.3, 0.4) is 0 Å². The number of aliphatic hydroxyl groups is 1. The molecule has 1 aliphatic carbocycles. The van der Waals surface area contributed by atoms with Crippen LogP contribution in [-0.2, 0) is 6.54 Å². The van der Waals surface area contributed by atoms with E-state index < -0.39 is 0 Å². The van der Waals surface area contributed by atoms with Gasteiger partial charge in [-0.3, -0.25) is 0 Å². The second kappa shape index (κ2) is 6.74. The topological polar surface area (TPSA) is 59.3 Å². The fraction of sp³-hybridized carbons (Fsp3) is 0.562. The normalized spacial score (nSPS) is 14.3. The van der Waals surface area contributed by atoms with Crippen molar-refractivity contribution in [3.8, 4) is 6.07 Å². The van der Waals surface area contributed by atoms with Crippen LogP contribution in [0, 0.1) is 11.3 Å². The van der Waals surface area contributed by atoms with Crippen molar-refractivity contribution in [3.63, 3.8) is 0 Å². The SMILES string of the molecule is CC(C)N(CCO)c1ccc(CNC2CC2)cc1C#N. The Bertz CT molecular complexity index is 489. The molecule has 0 radical (unpaired) electrons. The highest BCUT2D eigenvalue weighted by molar-refractivity contribution is 5.61. The van der Waals surface area contributed by atoms with E-state index in [0.717, 1.165) is 17.8 Å². The average molecular weight is 273 g/mol. The van der Waals surface area contributed by atoms with Gasteiger partial charge in [0.1, 0.15) is 6.07 Å². The van der Waals surface area contributed by atoms with Crippen LogP contribution < -0.4 is 10.2 Å². The number of hydrogen-bond donors (Lipinski definition) is 2. The minimum Gasteiger partial charge on any atom is -0.395 e. The van der Waals surface area contributed by atoms with Gasteiger partial charge in [-0.1, -0.05) is 6.07 Å². The lowest BCUT2D eigenvalue weighted by atomic mass is 10.1. The third-order valence-corrected chi connectivity index (χ3v) is 3.63. The zero-order chi connectivity index (χ0) is 14.5. The molecule has 0 aliphatic heterocycles. The summed E-state index contributed by atoms with van der Waals surface area (Å²) in [5.41, 5.74) is 2.74. The van der Waals surface area contributed by atoms with Crippen molar-refractivity contribution in [2.75, 3.05) is 18.1 Å². The summed E-state index contributed by atoms with van der Waals surface area (Å²) in [5.74, 6) is 0. The summed E-state index contributed by atoms with van der Waals surface area (Å²) >= 11 is 0. The second-order valence-electron chi connectivity index (χ2n) is 5.63. The van der Waals surface area contributed by atoms with E-state index in [1.165, 1.54) is 12.8 Å². The van der Waals surface area contributed by atoms with E-state index in [2.05, 4.69) is 36.2 Å². The Hall–Kier alpha value is -1.57. The molecule has 1 aliphatic rings. The largest absolute Gasteiger partial charge is 0.395 e. The van der Waals surface area contributed by atoms with Gasteiger partial charge in [-0.2, -0.15) is 5.26 Å². The Morgan fingerprint density at radius 1 is 1.45 bits per heavy atom. The standard InChI is InChI=1S/C16H23N3O/c1-12(2)19(7-8-20)16-6-3-13(9-14(16)10-17)11-18-15-4-5-15/h3,6,9,12,15,18,20H,4-5,7-8,11H2,1-2H3. The van der Waals surface area contributed by atoms with Crippen LogP contribution >= 0.6 is 0 Å². The van der Waals surface area contributed by atoms with Gasteiger partial charge in [-0.05, 0) is 44.4 Å². The van der Waals surface area contributed by atoms with Crippen molar-refractivity contribution in [1.29, 1.82) is 5.26 Å². The lowest BCUT2D eigenvalue weighted by Gasteiger charge is -2.29. The van der Waals surface area contributed by atoms with E-state index in [4.69, 9.17) is 0 Å². The number of anilines is 1. The molecule has 108 valence electrons. The summed E-state index contributed by atoms with van der Waals surface area (Å²) in [4.78, 5) is 2.07. The molecule has 0 bridgehead atoms. The minimum atomic E-state index is 0.0913. The van der Waals surface area contributed by atoms with Gasteiger partial charge in [0.25, 0.3) is 0 Å². The fourth-order valence-corrected chi connectivity index (χ4v) is 2.35. The highest BCUT2D eigenvalue weighted by atomic mass is 16.3. The molecule has 0 aromatic heterocycles. The number of hydrogen-bond acceptors (Lipinski definition) is 4. The van der Waals surface area contributed by atoms with Crippen molar-refractivity contribution >= 4 is 5.69 Å². The van der Waals surface area contributed by atoms with E-state index in [1.54, 1.807) is 0 Å². The van der Waals surface area contributed by atoms with E-state index in [9.17, 15) is 10.4 Å². The van der Waals surface area contributed by atoms with Gasteiger partial charge in [-0.15, -0.1) is 0 Å². The molecule has 1 aromatic rings. The average Bonchev–Trinajstić information content (AvgIpc) is 3.26. The monoisotopic (exact) mass is 273 g/mol. The van der Waals surface area contributed by atoms with Crippen LogP contribution in [0.4, 0.5) is 5.69 Å². The van der Waals surface area contributed by atoms with Crippen molar-refractivity contribution < 1.29 is 5.11 Å². The fourth-order valence-electron chi connectivity index (χ4n) is 2.35. The predicted octanol–water partition coefficient (Wildman–Crippen LogP) is 2.02. The highest BCUT2D eigenvalue weighted by Gasteiger charge is 2.20. The Morgan fingerprint density at radius 3 is 2.75 bits per heavy atom. The smallest absolute Gasteiger partial charge is 0.101 e. The lowest BCUT2D eigenvalue weighted by molar-refractivity contribution is 0.299. The van der Waals surface area contributed by atoms with Gasteiger partial charge >= 0.3 is 0 Å². The summed E-state index contributed by atoms with van der Waals surface area (Å²) in [7, 11) is 0. The van der Waals surface area contributed by atoms with Crippen LogP contribution in [0.2, 0.25) is 0 Å². The summed E-state index contributed by atoms with van der Waals surface area (Å²) < 4.78 is 0. The third kappa shape index (κ3) is 3.72. The third-order valence-electron chi connectivity index (χ3n) is 3.63. The Balaban J connectivity index is 2.17. The van der Waals surface area contributed by atoms with Crippen LogP contribution in [-0.4, -0.2) is 30.3 Å². The number of nitrogens with one attached hydrogen (secondary N) is 1. The molecule has 1 saturated carbocycles. The minimum absolute atomic E-state index is 0.0913. The summed E-state index contributed by atoms with van der Waals surface area (Å²) in [6.07, 6.45) is 2.53. The number of benzene rings is 1. The second-order valence-corrected chi connectivity index (χ2v) is 5.63. The lowest BCUT2D eigenvalue weighted by Crippen LogP contribution is -2.34. The van der Waals surface area contributed by atoms with Gasteiger partial charge in [-0.25, -0.2) is 0 Å². The first kappa shape index (κ1) is 14.8. The molecule has 4 heteroatoms. The van der Waals surface area contributed by atoms with Crippen LogP contribution in [0.5, 0.6) is 0 Å². The number of nitriles is 1. The first-order valence-corrected chi connectivity index (χ1v) is 7.29. The van der Waals surface area contributed by atoms with Crippen molar-refractivity contribution in [2.45, 2.75) is 45.3 Å². The molecule has 0 saturated heterocycles. The number of aliphatic hydroxyl groups excluding tert-OH is 1. The van der Waals surface area contributed by atoms with Crippen LogP contribution in [0.1, 0.15) is 37.8 Å². The molecule has 2 N–H and O–H groups in total. The van der Waals surface area contributed by atoms with Crippen LogP contribution in [0.15, 0.2) is 18.2 Å². The van der Waals surface area contributed by atoms with E-state index in [1.807, 2.05) is 12.1 Å². The number of nitrogens with zero attached hydrogens (tertiary/aromatic N) is 2. The predicted molar refractivity (Wildman–Crippen MR) is 80.6 cm³/mol. The maximum Gasteiger partial charge on any atom is 0.101 e. The summed E-state index contributed by atoms with van der Waals surface area (Å²) in [6.45, 7) is 5.60. The van der Waals surface area contributed by atoms with Gasteiger partial charge in [0, 0.05) is 25.2 Å². The summed E-state index contributed by atoms with van der Waals surface area (Å²) in [6, 6.07) is 9.23. The van der Waals surface area contributed by atoms with E-state index in [0.29, 0.717) is 18.2 Å².